The molecule has 172 valence electrons. The molecule has 3 aromatic heterocycles. The maximum atomic E-state index is 13.1. The van der Waals surface area contributed by atoms with E-state index in [1.807, 2.05) is 41.4 Å². The van der Waals surface area contributed by atoms with Crippen molar-refractivity contribution in [2.45, 2.75) is 18.8 Å². The molecule has 0 aliphatic carbocycles. The Morgan fingerprint density at radius 3 is 2.71 bits per heavy atom. The lowest BCUT2D eigenvalue weighted by molar-refractivity contribution is 0.0705. The van der Waals surface area contributed by atoms with E-state index in [1.54, 1.807) is 48.7 Å². The Kier molecular flexibility index (Phi) is 6.15. The van der Waals surface area contributed by atoms with Crippen LogP contribution in [0.1, 0.15) is 34.8 Å². The van der Waals surface area contributed by atoms with Gasteiger partial charge in [0.05, 0.1) is 24.6 Å². The third kappa shape index (κ3) is 4.59. The molecule has 1 fully saturated rings. The number of ether oxygens (including phenoxy) is 2. The second-order valence-electron chi connectivity index (χ2n) is 7.98. The van der Waals surface area contributed by atoms with E-state index in [0.717, 1.165) is 18.5 Å². The molecule has 1 aliphatic heterocycles. The van der Waals surface area contributed by atoms with Gasteiger partial charge >= 0.3 is 0 Å². The van der Waals surface area contributed by atoms with Crippen molar-refractivity contribution in [2.24, 2.45) is 0 Å². The summed E-state index contributed by atoms with van der Waals surface area (Å²) in [5.74, 6) is 2.28. The summed E-state index contributed by atoms with van der Waals surface area (Å²) in [5, 5.41) is 4.17. The molecule has 1 amide bonds. The standard InChI is InChI=1S/C25H24N6O3/c1-33-21-7-2-3-8-22(21)34-24-16-26-15-20(29-24)19-6-4-12-30(17-19)25(32)18-9-10-23(27-14-18)31-13-5-11-28-31/h2-3,5,7-11,13-16,19H,4,6,12,17H2,1H3/t19-/m1/s1. The van der Waals surface area contributed by atoms with Crippen molar-refractivity contribution in [3.63, 3.8) is 0 Å². The molecule has 5 rings (SSSR count). The Hall–Kier alpha value is -4.27. The molecule has 4 aromatic rings. The molecule has 1 saturated heterocycles. The first kappa shape index (κ1) is 21.6. The highest BCUT2D eigenvalue weighted by molar-refractivity contribution is 5.94. The fourth-order valence-electron chi connectivity index (χ4n) is 4.06. The van der Waals surface area contributed by atoms with Gasteiger partial charge in [-0.15, -0.1) is 0 Å². The molecule has 0 bridgehead atoms. The summed E-state index contributed by atoms with van der Waals surface area (Å²) < 4.78 is 12.9. The molecule has 9 heteroatoms. The molecule has 0 spiro atoms. The average molecular weight is 457 g/mol. The van der Waals surface area contributed by atoms with E-state index >= 15 is 0 Å². The summed E-state index contributed by atoms with van der Waals surface area (Å²) in [6.07, 6.45) is 10.2. The minimum absolute atomic E-state index is 0.0430. The largest absolute Gasteiger partial charge is 0.493 e. The SMILES string of the molecule is COc1ccccc1Oc1cncc([C@@H]2CCCN(C(=O)c3ccc(-n4cccn4)nc3)C2)n1. The highest BCUT2D eigenvalue weighted by atomic mass is 16.5. The predicted molar refractivity (Wildman–Crippen MR) is 124 cm³/mol. The van der Waals surface area contributed by atoms with Gasteiger partial charge in [-0.2, -0.15) is 5.10 Å². The Labute approximate surface area is 197 Å². The van der Waals surface area contributed by atoms with Crippen molar-refractivity contribution in [2.75, 3.05) is 20.2 Å². The maximum absolute atomic E-state index is 13.1. The molecular formula is C25H24N6O3. The number of likely N-dealkylation sites (tertiary alicyclic amines) is 1. The van der Waals surface area contributed by atoms with Crippen molar-refractivity contribution < 1.29 is 14.3 Å². The minimum Gasteiger partial charge on any atom is -0.493 e. The van der Waals surface area contributed by atoms with Gasteiger partial charge in [-0.1, -0.05) is 12.1 Å². The molecule has 34 heavy (non-hydrogen) atoms. The number of nitrogens with zero attached hydrogens (tertiary/aromatic N) is 6. The van der Waals surface area contributed by atoms with E-state index in [4.69, 9.17) is 9.47 Å². The average Bonchev–Trinajstić information content (AvgIpc) is 3.44. The summed E-state index contributed by atoms with van der Waals surface area (Å²) in [7, 11) is 1.60. The zero-order valence-electron chi connectivity index (χ0n) is 18.7. The number of piperidine rings is 1. The number of aromatic nitrogens is 5. The molecule has 0 N–H and O–H groups in total. The number of pyridine rings is 1. The van der Waals surface area contributed by atoms with E-state index in [2.05, 4.69) is 20.1 Å². The molecule has 4 heterocycles. The molecule has 1 atom stereocenters. The number of amides is 1. The van der Waals surface area contributed by atoms with Gasteiger partial charge in [0.25, 0.3) is 5.91 Å². The summed E-state index contributed by atoms with van der Waals surface area (Å²) in [4.78, 5) is 28.4. The number of rotatable bonds is 6. The number of para-hydroxylation sites is 2. The lowest BCUT2D eigenvalue weighted by Gasteiger charge is -2.32. The second-order valence-corrected chi connectivity index (χ2v) is 7.98. The number of carbonyl (C=O) groups excluding carboxylic acids is 1. The number of methoxy groups -OCH3 is 1. The van der Waals surface area contributed by atoms with Crippen LogP contribution in [0, 0.1) is 0 Å². The van der Waals surface area contributed by atoms with Crippen LogP contribution in [-0.4, -0.2) is 55.7 Å². The summed E-state index contributed by atoms with van der Waals surface area (Å²) in [5.41, 5.74) is 1.35. The Bertz CT molecular complexity index is 1260. The highest BCUT2D eigenvalue weighted by Crippen LogP contribution is 2.31. The van der Waals surface area contributed by atoms with Crippen molar-refractivity contribution >= 4 is 5.91 Å². The van der Waals surface area contributed by atoms with Crippen LogP contribution in [0.5, 0.6) is 17.4 Å². The number of carbonyl (C=O) groups is 1. The smallest absolute Gasteiger partial charge is 0.255 e. The zero-order valence-corrected chi connectivity index (χ0v) is 18.7. The quantitative estimate of drug-likeness (QED) is 0.434. The van der Waals surface area contributed by atoms with Crippen LogP contribution in [0.4, 0.5) is 0 Å². The second kappa shape index (κ2) is 9.70. The number of benzene rings is 1. The van der Waals surface area contributed by atoms with Gasteiger partial charge in [-0.25, -0.2) is 14.6 Å². The van der Waals surface area contributed by atoms with Crippen molar-refractivity contribution in [3.8, 4) is 23.2 Å². The van der Waals surface area contributed by atoms with E-state index in [1.165, 1.54) is 0 Å². The van der Waals surface area contributed by atoms with Crippen molar-refractivity contribution in [1.82, 2.24) is 29.6 Å². The normalized spacial score (nSPS) is 15.7. The molecule has 0 saturated carbocycles. The van der Waals surface area contributed by atoms with Crippen LogP contribution < -0.4 is 9.47 Å². The summed E-state index contributed by atoms with van der Waals surface area (Å²) in [6, 6.07) is 12.8. The Balaban J connectivity index is 1.29. The fraction of sp³-hybridized carbons (Fsp3) is 0.240. The lowest BCUT2D eigenvalue weighted by atomic mass is 9.94. The Morgan fingerprint density at radius 1 is 1.06 bits per heavy atom. The van der Waals surface area contributed by atoms with Crippen molar-refractivity contribution in [3.05, 3.63) is 84.7 Å². The molecule has 0 radical (unpaired) electrons. The van der Waals surface area contributed by atoms with E-state index in [0.29, 0.717) is 41.8 Å². The molecule has 1 aromatic carbocycles. The molecule has 9 nitrogen and oxygen atoms in total. The van der Waals surface area contributed by atoms with Gasteiger partial charge in [-0.3, -0.25) is 9.78 Å². The van der Waals surface area contributed by atoms with Crippen LogP contribution >= 0.6 is 0 Å². The van der Waals surface area contributed by atoms with Crippen LogP contribution in [0.25, 0.3) is 5.82 Å². The number of hydrogen-bond acceptors (Lipinski definition) is 7. The fourth-order valence-corrected chi connectivity index (χ4v) is 4.06. The summed E-state index contributed by atoms with van der Waals surface area (Å²) in [6.45, 7) is 1.26. The van der Waals surface area contributed by atoms with Gasteiger partial charge in [0.1, 0.15) is 0 Å². The van der Waals surface area contributed by atoms with E-state index in [-0.39, 0.29) is 11.8 Å². The first-order chi connectivity index (χ1) is 16.7. The van der Waals surface area contributed by atoms with E-state index in [9.17, 15) is 4.79 Å². The molecule has 0 unspecified atom stereocenters. The Morgan fingerprint density at radius 2 is 1.94 bits per heavy atom. The van der Waals surface area contributed by atoms with Gasteiger partial charge in [0, 0.05) is 43.8 Å². The van der Waals surface area contributed by atoms with Crippen LogP contribution in [0.2, 0.25) is 0 Å². The number of hydrogen-bond donors (Lipinski definition) is 0. The van der Waals surface area contributed by atoms with Crippen LogP contribution in [0.15, 0.2) is 73.4 Å². The van der Waals surface area contributed by atoms with Gasteiger partial charge in [0.2, 0.25) is 5.88 Å². The van der Waals surface area contributed by atoms with Crippen LogP contribution in [-0.2, 0) is 0 Å². The first-order valence-corrected chi connectivity index (χ1v) is 11.1. The predicted octanol–water partition coefficient (Wildman–Crippen LogP) is 3.88. The first-order valence-electron chi connectivity index (χ1n) is 11.1. The van der Waals surface area contributed by atoms with Gasteiger partial charge in [0.15, 0.2) is 17.3 Å². The lowest BCUT2D eigenvalue weighted by Crippen LogP contribution is -2.39. The third-order valence-electron chi connectivity index (χ3n) is 5.78. The minimum atomic E-state index is -0.0430. The molecular weight excluding hydrogens is 432 g/mol. The van der Waals surface area contributed by atoms with Crippen molar-refractivity contribution in [1.29, 1.82) is 0 Å². The maximum Gasteiger partial charge on any atom is 0.255 e. The highest BCUT2D eigenvalue weighted by Gasteiger charge is 2.27. The van der Waals surface area contributed by atoms with Gasteiger partial charge in [-0.05, 0) is 43.2 Å². The monoisotopic (exact) mass is 456 g/mol. The topological polar surface area (TPSA) is 95.3 Å². The van der Waals surface area contributed by atoms with Crippen LogP contribution in [0.3, 0.4) is 0 Å². The summed E-state index contributed by atoms with van der Waals surface area (Å²) >= 11 is 0. The third-order valence-corrected chi connectivity index (χ3v) is 5.78. The zero-order chi connectivity index (χ0) is 23.3. The van der Waals surface area contributed by atoms with E-state index < -0.39 is 0 Å². The molecule has 1 aliphatic rings. The van der Waals surface area contributed by atoms with Gasteiger partial charge < -0.3 is 14.4 Å².